The van der Waals surface area contributed by atoms with Crippen LogP contribution < -0.4 is 10.6 Å². The molecule has 0 aliphatic carbocycles. The van der Waals surface area contributed by atoms with E-state index in [4.69, 9.17) is 12.2 Å². The number of sulfonamides is 1. The molecule has 0 heterocycles. The lowest BCUT2D eigenvalue weighted by molar-refractivity contribution is 0.520. The van der Waals surface area contributed by atoms with Crippen LogP contribution in [0.3, 0.4) is 0 Å². The maximum Gasteiger partial charge on any atom is 0.242 e. The highest BCUT2D eigenvalue weighted by Crippen LogP contribution is 2.22. The molecule has 0 atom stereocenters. The molecule has 2 aromatic carbocycles. The van der Waals surface area contributed by atoms with Crippen LogP contribution in [0.25, 0.3) is 0 Å². The molecule has 134 valence electrons. The van der Waals surface area contributed by atoms with Crippen LogP contribution in [0.15, 0.2) is 47.4 Å². The molecule has 0 bridgehead atoms. The Bertz CT molecular complexity index is 866. The first-order valence-corrected chi connectivity index (χ1v) is 9.37. The van der Waals surface area contributed by atoms with E-state index in [1.54, 1.807) is 37.3 Å². The van der Waals surface area contributed by atoms with Crippen LogP contribution in [0.2, 0.25) is 0 Å². The van der Waals surface area contributed by atoms with Crippen LogP contribution in [0, 0.1) is 12.7 Å². The normalized spacial score (nSPS) is 11.4. The van der Waals surface area contributed by atoms with Crippen molar-refractivity contribution in [2.45, 2.75) is 18.4 Å². The summed E-state index contributed by atoms with van der Waals surface area (Å²) in [5.74, 6) is -0.293. The van der Waals surface area contributed by atoms with E-state index in [-0.39, 0.29) is 10.7 Å². The van der Waals surface area contributed by atoms with E-state index in [2.05, 4.69) is 10.6 Å². The standard InChI is InChI=1S/C17H20FN3O2S2/c1-12-4-9-15(10-16(12)25(22,23)21(2)3)20-17(24)19-11-13-5-7-14(18)8-6-13/h4-10H,11H2,1-3H3,(H2,19,20,24). The number of halogens is 1. The van der Waals surface area contributed by atoms with Gasteiger partial charge in [-0.2, -0.15) is 0 Å². The molecule has 0 unspecified atom stereocenters. The molecule has 0 aliphatic rings. The summed E-state index contributed by atoms with van der Waals surface area (Å²) >= 11 is 5.23. The van der Waals surface area contributed by atoms with Crippen molar-refractivity contribution in [2.75, 3.05) is 19.4 Å². The average molecular weight is 381 g/mol. The largest absolute Gasteiger partial charge is 0.358 e. The van der Waals surface area contributed by atoms with Gasteiger partial charge in [-0.05, 0) is 54.5 Å². The van der Waals surface area contributed by atoms with E-state index in [0.717, 1.165) is 5.56 Å². The molecule has 5 nitrogen and oxygen atoms in total. The second-order valence-electron chi connectivity index (χ2n) is 5.70. The van der Waals surface area contributed by atoms with Gasteiger partial charge in [-0.25, -0.2) is 17.1 Å². The highest BCUT2D eigenvalue weighted by Gasteiger charge is 2.20. The summed E-state index contributed by atoms with van der Waals surface area (Å²) in [5, 5.41) is 6.31. The maximum absolute atomic E-state index is 12.9. The van der Waals surface area contributed by atoms with Crippen molar-refractivity contribution in [3.8, 4) is 0 Å². The van der Waals surface area contributed by atoms with Crippen molar-refractivity contribution in [3.63, 3.8) is 0 Å². The second kappa shape index (κ2) is 7.90. The number of anilines is 1. The molecule has 2 aromatic rings. The molecule has 0 saturated heterocycles. The molecule has 0 saturated carbocycles. The van der Waals surface area contributed by atoms with Crippen LogP contribution in [-0.2, 0) is 16.6 Å². The second-order valence-corrected chi connectivity index (χ2v) is 8.23. The Morgan fingerprint density at radius 2 is 1.80 bits per heavy atom. The highest BCUT2D eigenvalue weighted by atomic mass is 32.2. The number of hydrogen-bond acceptors (Lipinski definition) is 3. The lowest BCUT2D eigenvalue weighted by Crippen LogP contribution is -2.28. The van der Waals surface area contributed by atoms with E-state index in [0.29, 0.717) is 22.9 Å². The number of nitrogens with zero attached hydrogens (tertiary/aromatic N) is 1. The minimum absolute atomic E-state index is 0.226. The van der Waals surface area contributed by atoms with E-state index in [1.807, 2.05) is 0 Å². The van der Waals surface area contributed by atoms with Gasteiger partial charge >= 0.3 is 0 Å². The zero-order valence-electron chi connectivity index (χ0n) is 14.2. The van der Waals surface area contributed by atoms with Crippen LogP contribution in [0.4, 0.5) is 10.1 Å². The Labute approximate surface area is 152 Å². The van der Waals surface area contributed by atoms with Gasteiger partial charge in [-0.1, -0.05) is 18.2 Å². The number of hydrogen-bond donors (Lipinski definition) is 2. The minimum atomic E-state index is -3.53. The van der Waals surface area contributed by atoms with Crippen LogP contribution in [0.1, 0.15) is 11.1 Å². The highest BCUT2D eigenvalue weighted by molar-refractivity contribution is 7.89. The zero-order valence-corrected chi connectivity index (χ0v) is 15.8. The molecular weight excluding hydrogens is 361 g/mol. The van der Waals surface area contributed by atoms with E-state index in [1.165, 1.54) is 30.5 Å². The Hall–Kier alpha value is -2.03. The predicted molar refractivity (Wildman–Crippen MR) is 102 cm³/mol. The Kier molecular flexibility index (Phi) is 6.10. The average Bonchev–Trinajstić information content (AvgIpc) is 2.56. The van der Waals surface area contributed by atoms with Crippen molar-refractivity contribution < 1.29 is 12.8 Å². The van der Waals surface area contributed by atoms with Crippen molar-refractivity contribution >= 4 is 33.0 Å². The topological polar surface area (TPSA) is 61.4 Å². The van der Waals surface area contributed by atoms with Crippen LogP contribution in [-0.4, -0.2) is 31.9 Å². The van der Waals surface area contributed by atoms with Gasteiger partial charge in [0.15, 0.2) is 5.11 Å². The van der Waals surface area contributed by atoms with Gasteiger partial charge in [0.25, 0.3) is 0 Å². The molecule has 0 aromatic heterocycles. The van der Waals surface area contributed by atoms with Gasteiger partial charge in [-0.3, -0.25) is 0 Å². The molecule has 0 radical (unpaired) electrons. The molecule has 0 amide bonds. The molecule has 0 fully saturated rings. The first kappa shape index (κ1) is 19.3. The number of benzene rings is 2. The van der Waals surface area contributed by atoms with Crippen molar-refractivity contribution in [2.24, 2.45) is 0 Å². The van der Waals surface area contributed by atoms with Crippen molar-refractivity contribution in [1.82, 2.24) is 9.62 Å². The fraction of sp³-hybridized carbons (Fsp3) is 0.235. The lowest BCUT2D eigenvalue weighted by Gasteiger charge is -2.16. The van der Waals surface area contributed by atoms with Gasteiger partial charge in [0.05, 0.1) is 4.90 Å². The van der Waals surface area contributed by atoms with Gasteiger partial charge in [0.1, 0.15) is 5.82 Å². The minimum Gasteiger partial charge on any atom is -0.358 e. The summed E-state index contributed by atoms with van der Waals surface area (Å²) in [6.45, 7) is 2.17. The summed E-state index contributed by atoms with van der Waals surface area (Å²) < 4.78 is 38.8. The summed E-state index contributed by atoms with van der Waals surface area (Å²) in [6, 6.07) is 11.1. The number of aryl methyl sites for hydroxylation is 1. The summed E-state index contributed by atoms with van der Waals surface area (Å²) in [7, 11) is -0.551. The van der Waals surface area contributed by atoms with E-state index >= 15 is 0 Å². The molecule has 0 aliphatic heterocycles. The number of nitrogens with one attached hydrogen (secondary N) is 2. The lowest BCUT2D eigenvalue weighted by atomic mass is 10.2. The van der Waals surface area contributed by atoms with Crippen molar-refractivity contribution in [1.29, 1.82) is 0 Å². The van der Waals surface area contributed by atoms with Gasteiger partial charge in [0, 0.05) is 26.3 Å². The Balaban J connectivity index is 2.07. The first-order valence-electron chi connectivity index (χ1n) is 7.52. The molecule has 2 N–H and O–H groups in total. The van der Waals surface area contributed by atoms with E-state index < -0.39 is 10.0 Å². The van der Waals surface area contributed by atoms with E-state index in [9.17, 15) is 12.8 Å². The third kappa shape index (κ3) is 4.97. The number of thiocarbonyl (C=S) groups is 1. The monoisotopic (exact) mass is 381 g/mol. The predicted octanol–water partition coefficient (Wildman–Crippen LogP) is 2.87. The molecular formula is C17H20FN3O2S2. The smallest absolute Gasteiger partial charge is 0.242 e. The summed E-state index contributed by atoms with van der Waals surface area (Å²) in [5.41, 5.74) is 2.11. The SMILES string of the molecule is Cc1ccc(NC(=S)NCc2ccc(F)cc2)cc1S(=O)(=O)N(C)C. The summed E-state index contributed by atoms with van der Waals surface area (Å²) in [4.78, 5) is 0.226. The van der Waals surface area contributed by atoms with Crippen LogP contribution >= 0.6 is 12.2 Å². The van der Waals surface area contributed by atoms with Gasteiger partial charge in [-0.15, -0.1) is 0 Å². The zero-order chi connectivity index (χ0) is 18.6. The maximum atomic E-state index is 12.9. The first-order chi connectivity index (χ1) is 11.7. The Morgan fingerprint density at radius 1 is 1.16 bits per heavy atom. The fourth-order valence-corrected chi connectivity index (χ4v) is 3.45. The fourth-order valence-electron chi connectivity index (χ4n) is 2.11. The third-order valence-electron chi connectivity index (χ3n) is 3.57. The Morgan fingerprint density at radius 3 is 2.40 bits per heavy atom. The van der Waals surface area contributed by atoms with Gasteiger partial charge < -0.3 is 10.6 Å². The van der Waals surface area contributed by atoms with Crippen molar-refractivity contribution in [3.05, 3.63) is 59.4 Å². The van der Waals surface area contributed by atoms with Crippen LogP contribution in [0.5, 0.6) is 0 Å². The molecule has 8 heteroatoms. The number of rotatable bonds is 5. The quantitative estimate of drug-likeness (QED) is 0.780. The molecule has 2 rings (SSSR count). The third-order valence-corrected chi connectivity index (χ3v) is 5.77. The van der Waals surface area contributed by atoms with Gasteiger partial charge in [0.2, 0.25) is 10.0 Å². The molecule has 25 heavy (non-hydrogen) atoms. The molecule has 0 spiro atoms. The summed E-state index contributed by atoms with van der Waals surface area (Å²) in [6.07, 6.45) is 0.